The third-order valence-corrected chi connectivity index (χ3v) is 6.33. The number of alkyl halides is 2. The van der Waals surface area contributed by atoms with Crippen LogP contribution in [0.5, 0.6) is 0 Å². The summed E-state index contributed by atoms with van der Waals surface area (Å²) in [4.78, 5) is 0. The Kier molecular flexibility index (Phi) is 4.18. The van der Waals surface area contributed by atoms with E-state index in [0.717, 1.165) is 25.7 Å². The van der Waals surface area contributed by atoms with Crippen molar-refractivity contribution >= 4 is 35.0 Å². The minimum absolute atomic E-state index is 0.0443. The van der Waals surface area contributed by atoms with Crippen molar-refractivity contribution in [2.24, 2.45) is 0 Å². The van der Waals surface area contributed by atoms with E-state index in [9.17, 15) is 0 Å². The quantitative estimate of drug-likeness (QED) is 0.594. The van der Waals surface area contributed by atoms with Crippen molar-refractivity contribution in [3.63, 3.8) is 0 Å². The predicted molar refractivity (Wildman–Crippen MR) is 70.9 cm³/mol. The topological polar surface area (TPSA) is 0 Å². The molecule has 2 rings (SSSR count). The van der Waals surface area contributed by atoms with Gasteiger partial charge >= 0.3 is 0 Å². The molecular weight excluding hydrogens is 247 g/mol. The maximum Gasteiger partial charge on any atom is 0.0913 e. The molecule has 2 aliphatic carbocycles. The average Bonchev–Trinajstić information content (AvgIpc) is 2.18. The van der Waals surface area contributed by atoms with Gasteiger partial charge in [0, 0.05) is 0 Å². The maximum absolute atomic E-state index is 6.68. The third-order valence-electron chi connectivity index (χ3n) is 3.57. The van der Waals surface area contributed by atoms with Gasteiger partial charge in [0.15, 0.2) is 0 Å². The van der Waals surface area contributed by atoms with Gasteiger partial charge in [-0.05, 0) is 25.7 Å². The van der Waals surface area contributed by atoms with Gasteiger partial charge in [0.1, 0.15) is 0 Å². The molecule has 0 aromatic heterocycles. The second-order valence-corrected chi connectivity index (χ2v) is 8.65. The zero-order valence-corrected chi connectivity index (χ0v) is 11.6. The number of rotatable bonds is 2. The molecule has 2 fully saturated rings. The van der Waals surface area contributed by atoms with Crippen LogP contribution in [0.3, 0.4) is 0 Å². The van der Waals surface area contributed by atoms with Crippen LogP contribution in [-0.4, -0.2) is 8.41 Å². The molecular formula is C12H20Cl2S. The summed E-state index contributed by atoms with van der Waals surface area (Å²) >= 11 is 15.2. The van der Waals surface area contributed by atoms with Gasteiger partial charge in [0.05, 0.1) is 8.41 Å². The van der Waals surface area contributed by atoms with Gasteiger partial charge in [-0.15, -0.1) is 35.0 Å². The molecule has 0 spiro atoms. The lowest BCUT2D eigenvalue weighted by atomic mass is 9.99. The van der Waals surface area contributed by atoms with Crippen LogP contribution in [0.15, 0.2) is 0 Å². The fourth-order valence-corrected chi connectivity index (χ4v) is 5.87. The van der Waals surface area contributed by atoms with Crippen LogP contribution in [-0.2, 0) is 0 Å². The van der Waals surface area contributed by atoms with Gasteiger partial charge in [-0.2, -0.15) is 0 Å². The first-order valence-corrected chi connectivity index (χ1v) is 7.77. The van der Waals surface area contributed by atoms with Crippen LogP contribution in [0, 0.1) is 0 Å². The Morgan fingerprint density at radius 2 is 0.933 bits per heavy atom. The zero-order chi connectivity index (χ0) is 10.8. The molecule has 0 bridgehead atoms. The van der Waals surface area contributed by atoms with Gasteiger partial charge in [0.25, 0.3) is 0 Å². The van der Waals surface area contributed by atoms with E-state index in [1.54, 1.807) is 0 Å². The lowest BCUT2D eigenvalue weighted by Crippen LogP contribution is -2.30. The van der Waals surface area contributed by atoms with E-state index < -0.39 is 0 Å². The molecule has 0 amide bonds. The van der Waals surface area contributed by atoms with Crippen LogP contribution in [0.25, 0.3) is 0 Å². The van der Waals surface area contributed by atoms with Crippen LogP contribution < -0.4 is 0 Å². The number of hydrogen-bond acceptors (Lipinski definition) is 1. The van der Waals surface area contributed by atoms with E-state index in [1.165, 1.54) is 38.5 Å². The van der Waals surface area contributed by atoms with Crippen LogP contribution in [0.1, 0.15) is 64.2 Å². The summed E-state index contributed by atoms with van der Waals surface area (Å²) in [5.41, 5.74) is 0. The average molecular weight is 267 g/mol. The number of hydrogen-bond donors (Lipinski definition) is 0. The fourth-order valence-electron chi connectivity index (χ4n) is 2.69. The summed E-state index contributed by atoms with van der Waals surface area (Å²) in [5.74, 6) is 0. The summed E-state index contributed by atoms with van der Waals surface area (Å²) < 4.78 is -0.0886. The van der Waals surface area contributed by atoms with Crippen molar-refractivity contribution in [1.82, 2.24) is 0 Å². The Morgan fingerprint density at radius 1 is 0.600 bits per heavy atom. The standard InChI is InChI=1S/C12H20Cl2S/c13-11(7-3-1-4-8-11)15-12(14)9-5-2-6-10-12/h1-10H2. The van der Waals surface area contributed by atoms with E-state index in [4.69, 9.17) is 23.2 Å². The highest BCUT2D eigenvalue weighted by molar-refractivity contribution is 8.04. The maximum atomic E-state index is 6.68. The van der Waals surface area contributed by atoms with Gasteiger partial charge in [-0.1, -0.05) is 38.5 Å². The van der Waals surface area contributed by atoms with Gasteiger partial charge in [0.2, 0.25) is 0 Å². The normalized spacial score (nSPS) is 30.0. The van der Waals surface area contributed by atoms with Crippen LogP contribution >= 0.6 is 35.0 Å². The molecule has 15 heavy (non-hydrogen) atoms. The molecule has 0 heterocycles. The monoisotopic (exact) mass is 266 g/mol. The first kappa shape index (κ1) is 12.4. The van der Waals surface area contributed by atoms with Crippen molar-refractivity contribution in [2.45, 2.75) is 72.6 Å². The minimum Gasteiger partial charge on any atom is -0.116 e. The van der Waals surface area contributed by atoms with Crippen molar-refractivity contribution in [2.75, 3.05) is 0 Å². The molecule has 0 aromatic rings. The zero-order valence-electron chi connectivity index (χ0n) is 9.24. The van der Waals surface area contributed by atoms with E-state index in [1.807, 2.05) is 11.8 Å². The van der Waals surface area contributed by atoms with E-state index in [2.05, 4.69) is 0 Å². The summed E-state index contributed by atoms with van der Waals surface area (Å²) in [6.45, 7) is 0. The molecule has 0 nitrogen and oxygen atoms in total. The Hall–Kier alpha value is 0.930. The lowest BCUT2D eigenvalue weighted by Gasteiger charge is -2.40. The number of halogens is 2. The Bertz CT molecular complexity index is 184. The Morgan fingerprint density at radius 3 is 1.27 bits per heavy atom. The molecule has 0 unspecified atom stereocenters. The van der Waals surface area contributed by atoms with Crippen LogP contribution in [0.2, 0.25) is 0 Å². The highest BCUT2D eigenvalue weighted by atomic mass is 35.5. The molecule has 88 valence electrons. The van der Waals surface area contributed by atoms with Gasteiger partial charge in [-0.25, -0.2) is 0 Å². The lowest BCUT2D eigenvalue weighted by molar-refractivity contribution is 0.460. The Labute approximate surface area is 107 Å². The van der Waals surface area contributed by atoms with Crippen LogP contribution in [0.4, 0.5) is 0 Å². The van der Waals surface area contributed by atoms with Gasteiger partial charge in [-0.3, -0.25) is 0 Å². The largest absolute Gasteiger partial charge is 0.116 e. The van der Waals surface area contributed by atoms with Crippen molar-refractivity contribution in [1.29, 1.82) is 0 Å². The summed E-state index contributed by atoms with van der Waals surface area (Å²) in [6.07, 6.45) is 12.4. The molecule has 0 radical (unpaired) electrons. The second-order valence-electron chi connectivity index (χ2n) is 4.99. The summed E-state index contributed by atoms with van der Waals surface area (Å²) in [7, 11) is 0. The molecule has 0 aromatic carbocycles. The summed E-state index contributed by atoms with van der Waals surface area (Å²) in [6, 6.07) is 0. The van der Waals surface area contributed by atoms with E-state index in [0.29, 0.717) is 0 Å². The first-order valence-electron chi connectivity index (χ1n) is 6.20. The molecule has 0 saturated heterocycles. The molecule has 2 saturated carbocycles. The smallest absolute Gasteiger partial charge is 0.0913 e. The molecule has 2 aliphatic rings. The second kappa shape index (κ2) is 5.06. The van der Waals surface area contributed by atoms with Crippen molar-refractivity contribution in [3.05, 3.63) is 0 Å². The first-order chi connectivity index (χ1) is 7.12. The highest BCUT2D eigenvalue weighted by Gasteiger charge is 2.40. The molecule has 0 N–H and O–H groups in total. The third kappa shape index (κ3) is 3.44. The number of thioether (sulfide) groups is 1. The highest BCUT2D eigenvalue weighted by Crippen LogP contribution is 2.55. The molecule has 0 atom stereocenters. The predicted octanol–water partition coefficient (Wildman–Crippen LogP) is 5.52. The minimum atomic E-state index is -0.0443. The fraction of sp³-hybridized carbons (Fsp3) is 1.00. The SMILES string of the molecule is ClC1(SC2(Cl)CCCCC2)CCCCC1. The summed E-state index contributed by atoms with van der Waals surface area (Å²) in [5, 5.41) is 0. The molecule has 0 aliphatic heterocycles. The van der Waals surface area contributed by atoms with Crippen molar-refractivity contribution in [3.8, 4) is 0 Å². The van der Waals surface area contributed by atoms with E-state index >= 15 is 0 Å². The Balaban J connectivity index is 1.93. The molecule has 3 heteroatoms. The van der Waals surface area contributed by atoms with Gasteiger partial charge < -0.3 is 0 Å². The van der Waals surface area contributed by atoms with Crippen molar-refractivity contribution < 1.29 is 0 Å². The van der Waals surface area contributed by atoms with E-state index in [-0.39, 0.29) is 8.41 Å².